The second-order valence-electron chi connectivity index (χ2n) is 4.07. The third kappa shape index (κ3) is 6.55. The molecule has 0 aliphatic heterocycles. The van der Waals surface area contributed by atoms with E-state index < -0.39 is 21.8 Å². The van der Waals surface area contributed by atoms with Gasteiger partial charge in [0.15, 0.2) is 0 Å². The molecular formula is C11H15F3N2O2S. The van der Waals surface area contributed by atoms with Crippen LogP contribution in [0.2, 0.25) is 0 Å². The van der Waals surface area contributed by atoms with Crippen LogP contribution < -0.4 is 5.32 Å². The molecule has 1 rings (SSSR count). The third-order valence-corrected chi connectivity index (χ3v) is 2.94. The lowest BCUT2D eigenvalue weighted by Gasteiger charge is -2.14. The predicted octanol–water partition coefficient (Wildman–Crippen LogP) is 1.10. The van der Waals surface area contributed by atoms with Crippen molar-refractivity contribution in [3.05, 3.63) is 40.1 Å². The summed E-state index contributed by atoms with van der Waals surface area (Å²) in [7, 11) is -3.34. The smallest absolute Gasteiger partial charge is 0.416 e. The van der Waals surface area contributed by atoms with E-state index in [2.05, 4.69) is 4.72 Å². The molecule has 0 fully saturated rings. The van der Waals surface area contributed by atoms with Crippen molar-refractivity contribution < 1.29 is 26.9 Å². The molecule has 0 unspecified atom stereocenters. The minimum atomic E-state index is -4.35. The molecule has 0 saturated carbocycles. The Morgan fingerprint density at radius 2 is 2.00 bits per heavy atom. The van der Waals surface area contributed by atoms with Gasteiger partial charge in [-0.2, -0.15) is 13.2 Å². The molecule has 8 heteroatoms. The molecule has 1 aromatic rings. The predicted molar refractivity (Wildman–Crippen MR) is 65.0 cm³/mol. The molecule has 0 amide bonds. The highest BCUT2D eigenvalue weighted by Crippen LogP contribution is 2.29. The lowest BCUT2D eigenvalue weighted by molar-refractivity contribution is -0.667. The number of halogens is 3. The number of quaternary nitrogens is 1. The van der Waals surface area contributed by atoms with Gasteiger partial charge < -0.3 is 10.0 Å². The van der Waals surface area contributed by atoms with Crippen molar-refractivity contribution in [1.29, 1.82) is 0 Å². The van der Waals surface area contributed by atoms with Crippen LogP contribution in [-0.4, -0.2) is 27.8 Å². The first-order valence-electron chi connectivity index (χ1n) is 5.55. The van der Waals surface area contributed by atoms with E-state index in [0.29, 0.717) is 18.7 Å². The first-order chi connectivity index (χ1) is 8.68. The highest BCUT2D eigenvalue weighted by molar-refractivity contribution is 7.93. The van der Waals surface area contributed by atoms with E-state index in [1.54, 1.807) is 11.4 Å². The van der Waals surface area contributed by atoms with Crippen LogP contribution >= 0.6 is 0 Å². The normalized spacial score (nSPS) is 12.6. The molecule has 19 heavy (non-hydrogen) atoms. The summed E-state index contributed by atoms with van der Waals surface area (Å²) in [4.78, 5) is 0. The molecule has 0 heterocycles. The summed E-state index contributed by atoms with van der Waals surface area (Å²) in [6, 6.07) is 5.05. The number of rotatable bonds is 6. The number of hydrogen-bond donors (Lipinski definition) is 1. The maximum absolute atomic E-state index is 12.5. The summed E-state index contributed by atoms with van der Waals surface area (Å²) >= 11 is 0. The minimum Gasteiger partial charge on any atom is -0.545 e. The van der Waals surface area contributed by atoms with Crippen molar-refractivity contribution in [2.45, 2.75) is 12.7 Å². The van der Waals surface area contributed by atoms with Gasteiger partial charge in [0.1, 0.15) is 6.54 Å². The average molecular weight is 296 g/mol. The molecule has 0 saturated heterocycles. The lowest BCUT2D eigenvalue weighted by Crippen LogP contribution is -2.83. The van der Waals surface area contributed by atoms with E-state index >= 15 is 0 Å². The van der Waals surface area contributed by atoms with Gasteiger partial charge in [-0.1, -0.05) is 18.7 Å². The standard InChI is InChI=1S/C11H14F3N2O2S/c1-19(17,18)16-6-5-15-8-9-3-2-4-10(7-9)11(12,13)14/h2-4,7,15H,5-6,8H2,1H3/q-1/p+1. The Balaban J connectivity index is 2.42. The minimum absolute atomic E-state index is 0.123. The molecular weight excluding hydrogens is 281 g/mol. The number of alkyl halides is 3. The fraction of sp³-hybridized carbons (Fsp3) is 0.455. The van der Waals surface area contributed by atoms with E-state index in [9.17, 15) is 21.6 Å². The zero-order valence-corrected chi connectivity index (χ0v) is 11.1. The van der Waals surface area contributed by atoms with Crippen LogP contribution in [0.1, 0.15) is 11.1 Å². The topological polar surface area (TPSA) is 64.8 Å². The van der Waals surface area contributed by atoms with Crippen molar-refractivity contribution in [1.82, 2.24) is 0 Å². The second-order valence-corrected chi connectivity index (χ2v) is 5.79. The molecule has 0 aliphatic rings. The maximum atomic E-state index is 12.5. The zero-order valence-electron chi connectivity index (χ0n) is 10.3. The van der Waals surface area contributed by atoms with Gasteiger partial charge in [-0.25, -0.2) is 8.42 Å². The van der Waals surface area contributed by atoms with Crippen molar-refractivity contribution in [3.63, 3.8) is 0 Å². The first kappa shape index (κ1) is 15.9. The van der Waals surface area contributed by atoms with Crippen LogP contribution in [0.5, 0.6) is 0 Å². The summed E-state index contributed by atoms with van der Waals surface area (Å²) in [6.07, 6.45) is -3.35. The SMILES string of the molecule is CS(=O)(=O)[N-]CC[NH2+]Cc1cccc(C(F)(F)F)c1. The Hall–Kier alpha value is -1.12. The Labute approximate surface area is 110 Å². The molecule has 4 nitrogen and oxygen atoms in total. The maximum Gasteiger partial charge on any atom is 0.416 e. The van der Waals surface area contributed by atoms with Gasteiger partial charge in [0, 0.05) is 11.8 Å². The van der Waals surface area contributed by atoms with Crippen LogP contribution in [0.3, 0.4) is 0 Å². The first-order valence-corrected chi connectivity index (χ1v) is 7.40. The fourth-order valence-corrected chi connectivity index (χ4v) is 1.89. The molecule has 0 spiro atoms. The number of hydrogen-bond acceptors (Lipinski definition) is 2. The molecule has 0 bridgehead atoms. The van der Waals surface area contributed by atoms with Crippen LogP contribution in [-0.2, 0) is 22.7 Å². The van der Waals surface area contributed by atoms with E-state index in [1.165, 1.54) is 6.07 Å². The van der Waals surface area contributed by atoms with Crippen LogP contribution in [0.4, 0.5) is 13.2 Å². The Bertz CT molecular complexity index is 515. The van der Waals surface area contributed by atoms with Gasteiger partial charge >= 0.3 is 6.18 Å². The fourth-order valence-electron chi connectivity index (χ4n) is 1.45. The summed E-state index contributed by atoms with van der Waals surface area (Å²) in [5, 5.41) is 1.71. The summed E-state index contributed by atoms with van der Waals surface area (Å²) in [6.45, 7) is 0.879. The largest absolute Gasteiger partial charge is 0.545 e. The van der Waals surface area contributed by atoms with Crippen molar-refractivity contribution in [2.24, 2.45) is 0 Å². The zero-order chi connectivity index (χ0) is 14.5. The summed E-state index contributed by atoms with van der Waals surface area (Å²) in [5.41, 5.74) is -0.145. The lowest BCUT2D eigenvalue weighted by atomic mass is 10.1. The quantitative estimate of drug-likeness (QED) is 0.799. The molecule has 0 atom stereocenters. The van der Waals surface area contributed by atoms with Gasteiger partial charge in [-0.3, -0.25) is 0 Å². The highest BCUT2D eigenvalue weighted by Gasteiger charge is 2.30. The van der Waals surface area contributed by atoms with Crippen LogP contribution in [0.15, 0.2) is 24.3 Å². The van der Waals surface area contributed by atoms with E-state index in [1.807, 2.05) is 0 Å². The number of nitrogens with zero attached hydrogens (tertiary/aromatic N) is 1. The monoisotopic (exact) mass is 296 g/mol. The molecule has 1 aromatic carbocycles. The van der Waals surface area contributed by atoms with Gasteiger partial charge in [-0.05, 0) is 12.1 Å². The van der Waals surface area contributed by atoms with E-state index in [-0.39, 0.29) is 6.54 Å². The molecule has 0 aliphatic carbocycles. The number of nitrogens with two attached hydrogens (primary N) is 1. The Kier molecular flexibility index (Phi) is 5.33. The summed E-state index contributed by atoms with van der Waals surface area (Å²) < 4.78 is 62.2. The highest BCUT2D eigenvalue weighted by atomic mass is 32.2. The summed E-state index contributed by atoms with van der Waals surface area (Å²) in [5.74, 6) is 0. The van der Waals surface area contributed by atoms with Crippen molar-refractivity contribution in [2.75, 3.05) is 19.3 Å². The van der Waals surface area contributed by atoms with Crippen molar-refractivity contribution >= 4 is 10.0 Å². The van der Waals surface area contributed by atoms with Gasteiger partial charge in [-0.15, -0.1) is 0 Å². The second kappa shape index (κ2) is 6.36. The van der Waals surface area contributed by atoms with E-state index in [0.717, 1.165) is 18.4 Å². The Morgan fingerprint density at radius 1 is 1.32 bits per heavy atom. The van der Waals surface area contributed by atoms with Gasteiger partial charge in [0.05, 0.1) is 22.1 Å². The van der Waals surface area contributed by atoms with Crippen LogP contribution in [0.25, 0.3) is 4.72 Å². The van der Waals surface area contributed by atoms with Crippen molar-refractivity contribution in [3.8, 4) is 0 Å². The number of benzene rings is 1. The Morgan fingerprint density at radius 3 is 2.58 bits per heavy atom. The molecule has 2 N–H and O–H groups in total. The van der Waals surface area contributed by atoms with E-state index in [4.69, 9.17) is 0 Å². The van der Waals surface area contributed by atoms with Gasteiger partial charge in [0.25, 0.3) is 0 Å². The third-order valence-electron chi connectivity index (χ3n) is 2.29. The van der Waals surface area contributed by atoms with Crippen LogP contribution in [0, 0.1) is 0 Å². The molecule has 0 aromatic heterocycles. The average Bonchev–Trinajstić information content (AvgIpc) is 2.26. The van der Waals surface area contributed by atoms with Gasteiger partial charge in [0.2, 0.25) is 0 Å². The number of sulfonamides is 1. The molecule has 108 valence electrons. The molecule has 0 radical (unpaired) electrons.